The molecule has 5 nitrogen and oxygen atoms in total. The van der Waals surface area contributed by atoms with E-state index in [1.807, 2.05) is 31.2 Å². The number of hydrogen-bond acceptors (Lipinski definition) is 4. The Labute approximate surface area is 130 Å². The van der Waals surface area contributed by atoms with Crippen LogP contribution in [-0.4, -0.2) is 15.3 Å². The fraction of sp³-hybridized carbons (Fsp3) is 0.471. The molecule has 0 spiro atoms. The van der Waals surface area contributed by atoms with Crippen LogP contribution in [0.5, 0.6) is 0 Å². The minimum Gasteiger partial charge on any atom is -0.277 e. The maximum atomic E-state index is 12.5. The van der Waals surface area contributed by atoms with Gasteiger partial charge in [-0.3, -0.25) is 9.36 Å². The third kappa shape index (κ3) is 2.75. The van der Waals surface area contributed by atoms with E-state index in [0.29, 0.717) is 29.3 Å². The van der Waals surface area contributed by atoms with Gasteiger partial charge in [-0.2, -0.15) is 5.10 Å². The van der Waals surface area contributed by atoms with Crippen LogP contribution in [0.15, 0.2) is 34.2 Å². The van der Waals surface area contributed by atoms with E-state index >= 15 is 0 Å². The third-order valence-electron chi connectivity index (χ3n) is 4.37. The fourth-order valence-corrected chi connectivity index (χ4v) is 3.00. The lowest BCUT2D eigenvalue weighted by atomic mass is 9.89. The summed E-state index contributed by atoms with van der Waals surface area (Å²) < 4.78 is 1.64. The molecule has 3 rings (SSSR count). The van der Waals surface area contributed by atoms with E-state index in [4.69, 9.17) is 0 Å². The second-order valence-corrected chi connectivity index (χ2v) is 5.86. The van der Waals surface area contributed by atoms with Crippen LogP contribution < -0.4 is 11.0 Å². The zero-order valence-electron chi connectivity index (χ0n) is 13.2. The maximum absolute atomic E-state index is 12.5. The topological polar surface area (TPSA) is 59.3 Å². The summed E-state index contributed by atoms with van der Waals surface area (Å²) in [6.45, 7) is 4.72. The zero-order chi connectivity index (χ0) is 15.5. The van der Waals surface area contributed by atoms with E-state index in [9.17, 15) is 4.79 Å². The van der Waals surface area contributed by atoms with Crippen LogP contribution in [0.2, 0.25) is 0 Å². The first-order valence-corrected chi connectivity index (χ1v) is 8.02. The number of nitrogens with one attached hydrogen (secondary N) is 1. The smallest absolute Gasteiger partial charge is 0.262 e. The molecule has 1 aromatic carbocycles. The number of fused-ring (bicyclic) bond motifs is 1. The van der Waals surface area contributed by atoms with Crippen molar-refractivity contribution in [2.24, 2.45) is 11.0 Å². The monoisotopic (exact) mass is 298 g/mol. The summed E-state index contributed by atoms with van der Waals surface area (Å²) in [7, 11) is 0. The quantitative estimate of drug-likeness (QED) is 0.884. The lowest BCUT2D eigenvalue weighted by Crippen LogP contribution is -2.24. The van der Waals surface area contributed by atoms with Crippen molar-refractivity contribution in [3.8, 4) is 0 Å². The molecule has 0 amide bonds. The molecule has 1 aliphatic carbocycles. The van der Waals surface area contributed by atoms with Gasteiger partial charge in [-0.05, 0) is 44.2 Å². The van der Waals surface area contributed by atoms with Crippen LogP contribution >= 0.6 is 0 Å². The molecule has 1 fully saturated rings. The number of aromatic nitrogens is 2. The van der Waals surface area contributed by atoms with Gasteiger partial charge in [-0.25, -0.2) is 10.4 Å². The summed E-state index contributed by atoms with van der Waals surface area (Å²) in [4.78, 5) is 17.1. The number of benzene rings is 1. The Hall–Kier alpha value is -2.17. The van der Waals surface area contributed by atoms with Gasteiger partial charge in [0.15, 0.2) is 0 Å². The average molecular weight is 298 g/mol. The summed E-state index contributed by atoms with van der Waals surface area (Å²) in [5.74, 6) is 1.03. The van der Waals surface area contributed by atoms with Gasteiger partial charge >= 0.3 is 0 Å². The van der Waals surface area contributed by atoms with Crippen LogP contribution in [0.4, 0.5) is 5.95 Å². The molecule has 22 heavy (non-hydrogen) atoms. The molecule has 5 heteroatoms. The second kappa shape index (κ2) is 6.30. The molecule has 116 valence electrons. The van der Waals surface area contributed by atoms with Gasteiger partial charge in [0.05, 0.1) is 10.9 Å². The molecule has 1 atom stereocenters. The summed E-state index contributed by atoms with van der Waals surface area (Å²) in [6, 6.07) is 7.43. The molecule has 1 heterocycles. The molecule has 1 aromatic heterocycles. The average Bonchev–Trinajstić information content (AvgIpc) is 2.54. The standard InChI is InChI=1S/C17H22N4O/c1-3-21-16(22)13-9-5-7-11-15(13)18-17(21)20-19-14-10-6-4-8-12(14)2/h5,7,9,11-12H,3-4,6,8,10H2,1-2H3,(H,18,20)/b19-14-/t12-/m1/s1. The van der Waals surface area contributed by atoms with Crippen LogP contribution in [-0.2, 0) is 6.54 Å². The summed E-state index contributed by atoms with van der Waals surface area (Å²) in [6.07, 6.45) is 4.68. The molecular weight excluding hydrogens is 276 g/mol. The number of rotatable bonds is 3. The van der Waals surface area contributed by atoms with E-state index < -0.39 is 0 Å². The van der Waals surface area contributed by atoms with Crippen molar-refractivity contribution in [1.82, 2.24) is 9.55 Å². The Morgan fingerprint density at radius 1 is 1.36 bits per heavy atom. The molecule has 1 N–H and O–H groups in total. The minimum absolute atomic E-state index is 0.0208. The van der Waals surface area contributed by atoms with Gasteiger partial charge in [0.2, 0.25) is 5.95 Å². The van der Waals surface area contributed by atoms with Gasteiger partial charge in [0, 0.05) is 12.3 Å². The Kier molecular flexibility index (Phi) is 4.22. The molecule has 1 saturated carbocycles. The van der Waals surface area contributed by atoms with Crippen LogP contribution in [0, 0.1) is 5.92 Å². The number of hydrogen-bond donors (Lipinski definition) is 1. The van der Waals surface area contributed by atoms with Gasteiger partial charge in [0.25, 0.3) is 5.56 Å². The van der Waals surface area contributed by atoms with Crippen LogP contribution in [0.3, 0.4) is 0 Å². The van der Waals surface area contributed by atoms with Crippen molar-refractivity contribution in [3.63, 3.8) is 0 Å². The Balaban J connectivity index is 1.99. The SMILES string of the molecule is CCn1c(N/N=C2/CCCC[C@H]2C)nc2ccccc2c1=O. The first-order chi connectivity index (χ1) is 10.7. The van der Waals surface area contributed by atoms with Crippen LogP contribution in [0.25, 0.3) is 10.9 Å². The maximum Gasteiger partial charge on any atom is 0.262 e. The Bertz CT molecular complexity index is 763. The second-order valence-electron chi connectivity index (χ2n) is 5.86. The summed E-state index contributed by atoms with van der Waals surface area (Å²) in [5, 5.41) is 5.18. The lowest BCUT2D eigenvalue weighted by Gasteiger charge is -2.20. The number of hydrazone groups is 1. The zero-order valence-corrected chi connectivity index (χ0v) is 13.2. The van der Waals surface area contributed by atoms with E-state index in [1.54, 1.807) is 4.57 Å². The number of nitrogens with zero attached hydrogens (tertiary/aromatic N) is 3. The van der Waals surface area contributed by atoms with E-state index in [2.05, 4.69) is 22.4 Å². The van der Waals surface area contributed by atoms with Crippen LogP contribution in [0.1, 0.15) is 39.5 Å². The summed E-state index contributed by atoms with van der Waals surface area (Å²) in [5.41, 5.74) is 4.90. The van der Waals surface area contributed by atoms with Crippen molar-refractivity contribution in [1.29, 1.82) is 0 Å². The highest BCUT2D eigenvalue weighted by Gasteiger charge is 2.16. The molecular formula is C17H22N4O. The molecule has 0 aliphatic heterocycles. The number of para-hydroxylation sites is 1. The van der Waals surface area contributed by atoms with Crippen molar-refractivity contribution in [3.05, 3.63) is 34.6 Å². The minimum atomic E-state index is -0.0208. The molecule has 0 bridgehead atoms. The molecule has 1 aliphatic rings. The van der Waals surface area contributed by atoms with Crippen molar-refractivity contribution in [2.75, 3.05) is 5.43 Å². The highest BCUT2D eigenvalue weighted by Crippen LogP contribution is 2.21. The molecule has 2 aromatic rings. The molecule has 0 radical (unpaired) electrons. The molecule has 0 saturated heterocycles. The fourth-order valence-electron chi connectivity index (χ4n) is 3.00. The highest BCUT2D eigenvalue weighted by molar-refractivity contribution is 5.87. The number of anilines is 1. The van der Waals surface area contributed by atoms with E-state index in [-0.39, 0.29) is 5.56 Å². The Morgan fingerprint density at radius 3 is 2.95 bits per heavy atom. The van der Waals surface area contributed by atoms with Crippen molar-refractivity contribution in [2.45, 2.75) is 46.1 Å². The first kappa shape index (κ1) is 14.8. The third-order valence-corrected chi connectivity index (χ3v) is 4.37. The Morgan fingerprint density at radius 2 is 2.18 bits per heavy atom. The van der Waals surface area contributed by atoms with Crippen molar-refractivity contribution >= 4 is 22.6 Å². The largest absolute Gasteiger partial charge is 0.277 e. The highest BCUT2D eigenvalue weighted by atomic mass is 16.1. The van der Waals surface area contributed by atoms with Gasteiger partial charge < -0.3 is 0 Å². The first-order valence-electron chi connectivity index (χ1n) is 8.02. The van der Waals surface area contributed by atoms with Gasteiger partial charge in [0.1, 0.15) is 0 Å². The molecule has 0 unspecified atom stereocenters. The predicted octanol–water partition coefficient (Wildman–Crippen LogP) is 3.39. The summed E-state index contributed by atoms with van der Waals surface area (Å²) >= 11 is 0. The van der Waals surface area contributed by atoms with E-state index in [1.165, 1.54) is 25.0 Å². The van der Waals surface area contributed by atoms with Gasteiger partial charge in [-0.15, -0.1) is 0 Å². The van der Waals surface area contributed by atoms with Crippen molar-refractivity contribution < 1.29 is 0 Å². The van der Waals surface area contributed by atoms with E-state index in [0.717, 1.165) is 6.42 Å². The lowest BCUT2D eigenvalue weighted by molar-refractivity contribution is 0.558. The predicted molar refractivity (Wildman–Crippen MR) is 90.4 cm³/mol. The normalized spacial score (nSPS) is 20.5. The van der Waals surface area contributed by atoms with Gasteiger partial charge in [-0.1, -0.05) is 25.5 Å².